The third-order valence-corrected chi connectivity index (χ3v) is 7.56. The van der Waals surface area contributed by atoms with Crippen molar-refractivity contribution in [3.8, 4) is 5.95 Å². The number of halogens is 2. The van der Waals surface area contributed by atoms with E-state index in [0.29, 0.717) is 34.1 Å². The fraction of sp³-hybridized carbons (Fsp3) is 0.480. The molecule has 0 bridgehead atoms. The normalized spacial score (nSPS) is 21.0. The zero-order chi connectivity index (χ0) is 23.7. The predicted octanol–water partition coefficient (Wildman–Crippen LogP) is 3.94. The average Bonchev–Trinajstić information content (AvgIpc) is 3.25. The second-order valence-electron chi connectivity index (χ2n) is 9.52. The number of hydrogen-bond acceptors (Lipinski definition) is 5. The van der Waals surface area contributed by atoms with Crippen molar-refractivity contribution in [3.05, 3.63) is 53.2 Å². The standard InChI is InChI=1S/C25H30ClFN6O/c1-17-14-32(11-10-28-17)25(8-3-2-4-9-25)16-31-23(34)19-15-33(24-29-12-18(27)13-30-24)21-7-5-6-20(26)22(19)21/h5-7,12-13,15,17,28H,2-4,8-11,14,16H2,1H3,(H,31,34)/t17-/m1/s1. The van der Waals surface area contributed by atoms with Gasteiger partial charge in [-0.05, 0) is 31.9 Å². The number of nitrogens with one attached hydrogen (secondary N) is 2. The van der Waals surface area contributed by atoms with Gasteiger partial charge in [0, 0.05) is 49.3 Å². The van der Waals surface area contributed by atoms with Crippen LogP contribution in [0, 0.1) is 5.82 Å². The molecule has 1 atom stereocenters. The van der Waals surface area contributed by atoms with Crippen LogP contribution in [0.25, 0.3) is 16.9 Å². The van der Waals surface area contributed by atoms with Gasteiger partial charge in [-0.3, -0.25) is 14.3 Å². The molecule has 0 radical (unpaired) electrons. The topological polar surface area (TPSA) is 75.1 Å². The van der Waals surface area contributed by atoms with Crippen LogP contribution in [-0.2, 0) is 0 Å². The highest BCUT2D eigenvalue weighted by atomic mass is 35.5. The summed E-state index contributed by atoms with van der Waals surface area (Å²) in [5, 5.41) is 7.89. The molecule has 5 rings (SSSR count). The molecule has 7 nitrogen and oxygen atoms in total. The molecular formula is C25H30ClFN6O. The van der Waals surface area contributed by atoms with Gasteiger partial charge in [0.25, 0.3) is 5.91 Å². The monoisotopic (exact) mass is 484 g/mol. The lowest BCUT2D eigenvalue weighted by atomic mass is 9.79. The van der Waals surface area contributed by atoms with Crippen LogP contribution in [0.3, 0.4) is 0 Å². The van der Waals surface area contributed by atoms with E-state index in [9.17, 15) is 9.18 Å². The fourth-order valence-electron chi connectivity index (χ4n) is 5.53. The molecular weight excluding hydrogens is 455 g/mol. The number of fused-ring (bicyclic) bond motifs is 1. The van der Waals surface area contributed by atoms with Gasteiger partial charge in [-0.25, -0.2) is 14.4 Å². The summed E-state index contributed by atoms with van der Waals surface area (Å²) in [6, 6.07) is 5.88. The first kappa shape index (κ1) is 23.2. The smallest absolute Gasteiger partial charge is 0.253 e. The van der Waals surface area contributed by atoms with Crippen LogP contribution in [0.15, 0.2) is 36.8 Å². The Hall–Kier alpha value is -2.55. The first-order chi connectivity index (χ1) is 16.5. The summed E-state index contributed by atoms with van der Waals surface area (Å²) in [7, 11) is 0. The van der Waals surface area contributed by atoms with E-state index in [0.717, 1.165) is 44.9 Å². The summed E-state index contributed by atoms with van der Waals surface area (Å²) in [6.07, 6.45) is 9.71. The Bertz CT molecular complexity index is 1170. The van der Waals surface area contributed by atoms with Gasteiger partial charge < -0.3 is 10.6 Å². The van der Waals surface area contributed by atoms with E-state index in [2.05, 4.69) is 32.4 Å². The van der Waals surface area contributed by atoms with Gasteiger partial charge in [0.15, 0.2) is 5.82 Å². The molecule has 1 aliphatic heterocycles. The quantitative estimate of drug-likeness (QED) is 0.573. The highest BCUT2D eigenvalue weighted by Gasteiger charge is 2.39. The van der Waals surface area contributed by atoms with Gasteiger partial charge >= 0.3 is 0 Å². The predicted molar refractivity (Wildman–Crippen MR) is 131 cm³/mol. The van der Waals surface area contributed by atoms with Crippen molar-refractivity contribution in [2.45, 2.75) is 50.6 Å². The molecule has 1 amide bonds. The largest absolute Gasteiger partial charge is 0.350 e. The maximum Gasteiger partial charge on any atom is 0.253 e. The van der Waals surface area contributed by atoms with Crippen molar-refractivity contribution in [1.82, 2.24) is 30.1 Å². The molecule has 1 saturated carbocycles. The maximum atomic E-state index is 13.5. The van der Waals surface area contributed by atoms with Gasteiger partial charge in [0.05, 0.1) is 28.5 Å². The molecule has 1 saturated heterocycles. The van der Waals surface area contributed by atoms with Crippen molar-refractivity contribution >= 4 is 28.4 Å². The lowest BCUT2D eigenvalue weighted by Crippen LogP contribution is -2.63. The van der Waals surface area contributed by atoms with Gasteiger partial charge in [0.1, 0.15) is 0 Å². The number of aromatic nitrogens is 3. The third-order valence-electron chi connectivity index (χ3n) is 7.25. The number of carbonyl (C=O) groups is 1. The molecule has 2 N–H and O–H groups in total. The van der Waals surface area contributed by atoms with E-state index in [-0.39, 0.29) is 17.4 Å². The summed E-state index contributed by atoms with van der Waals surface area (Å²) >= 11 is 6.54. The molecule has 2 aromatic heterocycles. The minimum absolute atomic E-state index is 0.0213. The second kappa shape index (κ2) is 9.60. The van der Waals surface area contributed by atoms with Crippen LogP contribution in [0.2, 0.25) is 5.02 Å². The first-order valence-corrected chi connectivity index (χ1v) is 12.4. The molecule has 0 spiro atoms. The number of nitrogens with zero attached hydrogens (tertiary/aromatic N) is 4. The molecule has 2 aliphatic rings. The Labute approximate surface area is 203 Å². The van der Waals surface area contributed by atoms with Gasteiger partial charge in [-0.15, -0.1) is 0 Å². The number of rotatable bonds is 5. The van der Waals surface area contributed by atoms with Crippen LogP contribution in [-0.4, -0.2) is 63.1 Å². The molecule has 3 heterocycles. The summed E-state index contributed by atoms with van der Waals surface area (Å²) in [5.41, 5.74) is 1.15. The molecule has 34 heavy (non-hydrogen) atoms. The van der Waals surface area contributed by atoms with E-state index in [1.807, 2.05) is 12.1 Å². The van der Waals surface area contributed by atoms with Crippen molar-refractivity contribution in [1.29, 1.82) is 0 Å². The van der Waals surface area contributed by atoms with Crippen LogP contribution >= 0.6 is 11.6 Å². The van der Waals surface area contributed by atoms with E-state index >= 15 is 0 Å². The van der Waals surface area contributed by atoms with E-state index in [4.69, 9.17) is 11.6 Å². The minimum atomic E-state index is -0.517. The van der Waals surface area contributed by atoms with E-state index < -0.39 is 5.82 Å². The number of piperazine rings is 1. The van der Waals surface area contributed by atoms with E-state index in [1.165, 1.54) is 19.3 Å². The zero-order valence-electron chi connectivity index (χ0n) is 19.4. The summed E-state index contributed by atoms with van der Waals surface area (Å²) < 4.78 is 15.1. The molecule has 1 aliphatic carbocycles. The summed E-state index contributed by atoms with van der Waals surface area (Å²) in [5.74, 6) is -0.408. The van der Waals surface area contributed by atoms with Crippen molar-refractivity contribution in [2.24, 2.45) is 0 Å². The third kappa shape index (κ3) is 4.42. The second-order valence-corrected chi connectivity index (χ2v) is 9.92. The van der Waals surface area contributed by atoms with Crippen molar-refractivity contribution in [2.75, 3.05) is 26.2 Å². The van der Waals surface area contributed by atoms with Gasteiger partial charge in [0.2, 0.25) is 5.95 Å². The average molecular weight is 485 g/mol. The number of amides is 1. The lowest BCUT2D eigenvalue weighted by Gasteiger charge is -2.49. The minimum Gasteiger partial charge on any atom is -0.350 e. The van der Waals surface area contributed by atoms with Crippen molar-refractivity contribution in [3.63, 3.8) is 0 Å². The van der Waals surface area contributed by atoms with Gasteiger partial charge in [-0.2, -0.15) is 0 Å². The Balaban J connectivity index is 1.44. The zero-order valence-corrected chi connectivity index (χ0v) is 20.1. The number of benzene rings is 1. The van der Waals surface area contributed by atoms with Crippen molar-refractivity contribution < 1.29 is 9.18 Å². The van der Waals surface area contributed by atoms with Crippen LogP contribution in [0.1, 0.15) is 49.4 Å². The Kier molecular flexibility index (Phi) is 6.55. The SMILES string of the molecule is C[C@@H]1CN(C2(CNC(=O)c3cn(-c4ncc(F)cn4)c4cccc(Cl)c34)CCCCC2)CCN1. The molecule has 180 valence electrons. The molecule has 0 unspecified atom stereocenters. The maximum absolute atomic E-state index is 13.5. The number of hydrogen-bond donors (Lipinski definition) is 2. The summed E-state index contributed by atoms with van der Waals surface area (Å²) in [4.78, 5) is 24.3. The highest BCUT2D eigenvalue weighted by molar-refractivity contribution is 6.37. The lowest BCUT2D eigenvalue weighted by molar-refractivity contribution is 0.0273. The highest BCUT2D eigenvalue weighted by Crippen LogP contribution is 2.35. The Morgan fingerprint density at radius 1 is 1.26 bits per heavy atom. The molecule has 1 aromatic carbocycles. The van der Waals surface area contributed by atoms with Crippen LogP contribution < -0.4 is 10.6 Å². The number of carbonyl (C=O) groups excluding carboxylic acids is 1. The molecule has 3 aromatic rings. The van der Waals surface area contributed by atoms with Crippen LogP contribution in [0.5, 0.6) is 0 Å². The van der Waals surface area contributed by atoms with Gasteiger partial charge in [-0.1, -0.05) is 36.9 Å². The Morgan fingerprint density at radius 2 is 2.03 bits per heavy atom. The molecule has 2 fully saturated rings. The summed E-state index contributed by atoms with van der Waals surface area (Å²) in [6.45, 7) is 5.77. The van der Waals surface area contributed by atoms with Crippen LogP contribution in [0.4, 0.5) is 4.39 Å². The molecule has 9 heteroatoms. The Morgan fingerprint density at radius 3 is 2.76 bits per heavy atom. The first-order valence-electron chi connectivity index (χ1n) is 12.0. The van der Waals surface area contributed by atoms with E-state index in [1.54, 1.807) is 16.8 Å². The fourth-order valence-corrected chi connectivity index (χ4v) is 5.80.